The van der Waals surface area contributed by atoms with Crippen molar-refractivity contribution in [3.63, 3.8) is 0 Å². The molecule has 0 bridgehead atoms. The monoisotopic (exact) mass is 330 g/mol. The molecule has 100 valence electrons. The van der Waals surface area contributed by atoms with Gasteiger partial charge in [0, 0.05) is 10.7 Å². The zero-order valence-electron chi connectivity index (χ0n) is 9.00. The molecule has 1 aliphatic carbocycles. The van der Waals surface area contributed by atoms with Gasteiger partial charge in [0.05, 0.1) is 6.61 Å². The number of halogens is 6. The molecule has 1 aliphatic rings. The number of benzene rings is 1. The van der Waals surface area contributed by atoms with Gasteiger partial charge in [0.2, 0.25) is 29.1 Å². The van der Waals surface area contributed by atoms with Crippen LogP contribution in [-0.2, 0) is 0 Å². The predicted octanol–water partition coefficient (Wildman–Crippen LogP) is 3.94. The summed E-state index contributed by atoms with van der Waals surface area (Å²) in [6, 6.07) is 0. The van der Waals surface area contributed by atoms with Crippen LogP contribution in [-0.4, -0.2) is 11.9 Å². The van der Waals surface area contributed by atoms with E-state index in [1.165, 1.54) is 0 Å². The summed E-state index contributed by atoms with van der Waals surface area (Å²) in [6.45, 7) is -0.0867. The van der Waals surface area contributed by atoms with Crippen molar-refractivity contribution in [3.05, 3.63) is 29.1 Å². The maximum absolute atomic E-state index is 13.2. The van der Waals surface area contributed by atoms with Crippen molar-refractivity contribution in [3.8, 4) is 5.75 Å². The Labute approximate surface area is 108 Å². The highest BCUT2D eigenvalue weighted by Gasteiger charge is 2.43. The van der Waals surface area contributed by atoms with Crippen LogP contribution in [0.15, 0.2) is 0 Å². The number of hydrogen-bond acceptors (Lipinski definition) is 1. The molecule has 0 saturated heterocycles. The van der Waals surface area contributed by atoms with Crippen molar-refractivity contribution in [1.29, 1.82) is 0 Å². The first-order chi connectivity index (χ1) is 8.42. The lowest BCUT2D eigenvalue weighted by atomic mass is 10.2. The summed E-state index contributed by atoms with van der Waals surface area (Å²) in [6.07, 6.45) is 1.57. The Morgan fingerprint density at radius 1 is 0.889 bits per heavy atom. The summed E-state index contributed by atoms with van der Waals surface area (Å²) in [5.41, 5.74) is -0.264. The molecular weight excluding hydrogens is 323 g/mol. The van der Waals surface area contributed by atoms with Crippen LogP contribution in [0.5, 0.6) is 5.75 Å². The van der Waals surface area contributed by atoms with Gasteiger partial charge in [-0.1, -0.05) is 15.9 Å². The SMILES string of the molecule is Fc1c(F)c(F)c(OCC2(CBr)CC2)c(F)c1F. The molecule has 18 heavy (non-hydrogen) atoms. The summed E-state index contributed by atoms with van der Waals surface area (Å²) in [4.78, 5) is 0. The minimum absolute atomic E-state index is 0.0867. The van der Waals surface area contributed by atoms with Crippen molar-refractivity contribution >= 4 is 15.9 Å². The average Bonchev–Trinajstić information content (AvgIpc) is 3.14. The van der Waals surface area contributed by atoms with E-state index in [0.29, 0.717) is 5.33 Å². The number of alkyl halides is 1. The normalized spacial score (nSPS) is 16.8. The Kier molecular flexibility index (Phi) is 3.53. The predicted molar refractivity (Wildman–Crippen MR) is 57.2 cm³/mol. The molecule has 1 fully saturated rings. The minimum Gasteiger partial charge on any atom is -0.487 e. The van der Waals surface area contributed by atoms with Crippen LogP contribution < -0.4 is 4.74 Å². The Hall–Kier alpha value is -0.850. The lowest BCUT2D eigenvalue weighted by Gasteiger charge is -2.14. The Balaban J connectivity index is 2.28. The van der Waals surface area contributed by atoms with Gasteiger partial charge in [-0.3, -0.25) is 0 Å². The van der Waals surface area contributed by atoms with Gasteiger partial charge in [0.1, 0.15) is 0 Å². The molecule has 0 aliphatic heterocycles. The molecule has 0 radical (unpaired) electrons. The van der Waals surface area contributed by atoms with Crippen molar-refractivity contribution in [2.75, 3.05) is 11.9 Å². The van der Waals surface area contributed by atoms with E-state index >= 15 is 0 Å². The lowest BCUT2D eigenvalue weighted by Crippen LogP contribution is -2.17. The molecule has 0 N–H and O–H groups in total. The third kappa shape index (κ3) is 2.20. The molecule has 0 aromatic heterocycles. The quantitative estimate of drug-likeness (QED) is 0.352. The Morgan fingerprint density at radius 3 is 1.72 bits per heavy atom. The maximum Gasteiger partial charge on any atom is 0.206 e. The van der Waals surface area contributed by atoms with E-state index in [0.717, 1.165) is 12.8 Å². The molecule has 1 aromatic carbocycles. The molecule has 1 nitrogen and oxygen atoms in total. The van der Waals surface area contributed by atoms with Crippen LogP contribution in [0, 0.1) is 34.5 Å². The Morgan fingerprint density at radius 2 is 1.33 bits per heavy atom. The molecule has 2 rings (SSSR count). The third-order valence-corrected chi connectivity index (χ3v) is 4.12. The smallest absolute Gasteiger partial charge is 0.206 e. The second-order valence-corrected chi connectivity index (χ2v) is 4.88. The molecule has 0 heterocycles. The summed E-state index contributed by atoms with van der Waals surface area (Å²) in [5.74, 6) is -11.2. The largest absolute Gasteiger partial charge is 0.487 e. The van der Waals surface area contributed by atoms with Gasteiger partial charge < -0.3 is 4.74 Å². The van der Waals surface area contributed by atoms with E-state index in [4.69, 9.17) is 4.74 Å². The van der Waals surface area contributed by atoms with Gasteiger partial charge >= 0.3 is 0 Å². The summed E-state index contributed by atoms with van der Waals surface area (Å²) < 4.78 is 69.8. The van der Waals surface area contributed by atoms with Gasteiger partial charge in [-0.05, 0) is 12.8 Å². The summed E-state index contributed by atoms with van der Waals surface area (Å²) >= 11 is 3.21. The molecular formula is C11H8BrF5O. The first kappa shape index (κ1) is 13.6. The highest BCUT2D eigenvalue weighted by Crippen LogP contribution is 2.47. The summed E-state index contributed by atoms with van der Waals surface area (Å²) in [7, 11) is 0. The van der Waals surface area contributed by atoms with E-state index in [-0.39, 0.29) is 12.0 Å². The van der Waals surface area contributed by atoms with E-state index in [1.807, 2.05) is 0 Å². The van der Waals surface area contributed by atoms with Crippen LogP contribution >= 0.6 is 15.9 Å². The fourth-order valence-electron chi connectivity index (χ4n) is 1.43. The molecule has 0 atom stereocenters. The van der Waals surface area contributed by atoms with Gasteiger partial charge in [-0.15, -0.1) is 0 Å². The highest BCUT2D eigenvalue weighted by molar-refractivity contribution is 9.09. The van der Waals surface area contributed by atoms with Crippen LogP contribution in [0.2, 0.25) is 0 Å². The number of rotatable bonds is 4. The lowest BCUT2D eigenvalue weighted by molar-refractivity contribution is 0.218. The van der Waals surface area contributed by atoms with Crippen LogP contribution in [0.3, 0.4) is 0 Å². The minimum atomic E-state index is -2.18. The van der Waals surface area contributed by atoms with Gasteiger partial charge in [-0.2, -0.15) is 8.78 Å². The van der Waals surface area contributed by atoms with E-state index < -0.39 is 34.8 Å². The maximum atomic E-state index is 13.2. The van der Waals surface area contributed by atoms with E-state index in [9.17, 15) is 22.0 Å². The fraction of sp³-hybridized carbons (Fsp3) is 0.455. The van der Waals surface area contributed by atoms with Crippen LogP contribution in [0.25, 0.3) is 0 Å². The standard InChI is InChI=1S/C11H8BrF5O/c12-3-11(1-2-11)4-18-10-8(16)6(14)5(13)7(15)9(10)17/h1-4H2. The molecule has 0 unspecified atom stereocenters. The van der Waals surface area contributed by atoms with Gasteiger partial charge in [0.15, 0.2) is 5.75 Å². The fourth-order valence-corrected chi connectivity index (χ4v) is 2.15. The molecule has 0 amide bonds. The van der Waals surface area contributed by atoms with Crippen molar-refractivity contribution < 1.29 is 26.7 Å². The van der Waals surface area contributed by atoms with E-state index in [2.05, 4.69) is 15.9 Å². The van der Waals surface area contributed by atoms with Crippen molar-refractivity contribution in [2.45, 2.75) is 12.8 Å². The number of hydrogen-bond donors (Lipinski definition) is 0. The van der Waals surface area contributed by atoms with Gasteiger partial charge in [-0.25, -0.2) is 13.2 Å². The second kappa shape index (κ2) is 4.68. The Bertz CT molecular complexity index is 458. The third-order valence-electron chi connectivity index (χ3n) is 2.93. The van der Waals surface area contributed by atoms with Crippen molar-refractivity contribution in [1.82, 2.24) is 0 Å². The molecule has 1 aromatic rings. The van der Waals surface area contributed by atoms with Crippen LogP contribution in [0.4, 0.5) is 22.0 Å². The number of ether oxygens (including phenoxy) is 1. The first-order valence-electron chi connectivity index (χ1n) is 5.12. The van der Waals surface area contributed by atoms with Crippen LogP contribution in [0.1, 0.15) is 12.8 Å². The van der Waals surface area contributed by atoms with Crippen molar-refractivity contribution in [2.24, 2.45) is 5.41 Å². The van der Waals surface area contributed by atoms with E-state index in [1.54, 1.807) is 0 Å². The topological polar surface area (TPSA) is 9.23 Å². The molecule has 1 saturated carbocycles. The first-order valence-corrected chi connectivity index (χ1v) is 6.24. The summed E-state index contributed by atoms with van der Waals surface area (Å²) in [5, 5.41) is 0.551. The molecule has 0 spiro atoms. The second-order valence-electron chi connectivity index (χ2n) is 4.32. The average molecular weight is 331 g/mol. The van der Waals surface area contributed by atoms with Gasteiger partial charge in [0.25, 0.3) is 0 Å². The highest BCUT2D eigenvalue weighted by atomic mass is 79.9. The zero-order chi connectivity index (χ0) is 13.5. The molecule has 7 heteroatoms. The zero-order valence-corrected chi connectivity index (χ0v) is 10.6.